The van der Waals surface area contributed by atoms with Gasteiger partial charge < -0.3 is 10.4 Å². The Hall–Kier alpha value is -1.95. The number of aromatic nitrogens is 1. The lowest BCUT2D eigenvalue weighted by Gasteiger charge is -2.11. The first-order chi connectivity index (χ1) is 10.6. The van der Waals surface area contributed by atoms with Crippen molar-refractivity contribution in [2.24, 2.45) is 0 Å². The number of fused-ring (bicyclic) bond motifs is 1. The van der Waals surface area contributed by atoms with Gasteiger partial charge in [-0.1, -0.05) is 23.7 Å². The van der Waals surface area contributed by atoms with E-state index in [1.807, 2.05) is 12.1 Å². The van der Waals surface area contributed by atoms with Crippen molar-refractivity contribution < 1.29 is 9.90 Å². The molecule has 0 saturated carbocycles. The highest BCUT2D eigenvalue weighted by Crippen LogP contribution is 2.26. The van der Waals surface area contributed by atoms with E-state index in [0.29, 0.717) is 9.90 Å². The molecular weight excluding hydrogens is 320 g/mol. The van der Waals surface area contributed by atoms with Crippen LogP contribution < -0.4 is 5.32 Å². The zero-order valence-electron chi connectivity index (χ0n) is 11.5. The van der Waals surface area contributed by atoms with Crippen LogP contribution in [0.25, 0.3) is 10.9 Å². The van der Waals surface area contributed by atoms with Gasteiger partial charge in [-0.2, -0.15) is 0 Å². The van der Waals surface area contributed by atoms with Crippen LogP contribution in [0, 0.1) is 0 Å². The number of pyridine rings is 1. The van der Waals surface area contributed by atoms with E-state index in [1.165, 1.54) is 11.3 Å². The molecular formula is C16H13ClN2O2S. The minimum absolute atomic E-state index is 0.131. The van der Waals surface area contributed by atoms with E-state index >= 15 is 0 Å². The summed E-state index contributed by atoms with van der Waals surface area (Å²) < 4.78 is 0.612. The molecule has 0 aliphatic heterocycles. The van der Waals surface area contributed by atoms with Gasteiger partial charge in [-0.3, -0.25) is 9.78 Å². The van der Waals surface area contributed by atoms with Gasteiger partial charge >= 0.3 is 0 Å². The molecule has 0 saturated heterocycles. The Balaban J connectivity index is 1.74. The Morgan fingerprint density at radius 3 is 2.91 bits per heavy atom. The molecule has 22 heavy (non-hydrogen) atoms. The third kappa shape index (κ3) is 3.11. The Kier molecular flexibility index (Phi) is 4.38. The van der Waals surface area contributed by atoms with Crippen molar-refractivity contribution in [3.8, 4) is 0 Å². The van der Waals surface area contributed by atoms with Crippen LogP contribution >= 0.6 is 22.9 Å². The number of nitrogens with zero attached hydrogens (tertiary/aromatic N) is 1. The van der Waals surface area contributed by atoms with Gasteiger partial charge in [0, 0.05) is 28.6 Å². The fraction of sp³-hybridized carbons (Fsp3) is 0.125. The van der Waals surface area contributed by atoms with Gasteiger partial charge in [0.1, 0.15) is 6.10 Å². The standard InChI is InChI=1S/C16H13ClN2O2S/c17-15-7-6-14(22-15)13(20)9-19-16(21)11-3-1-5-12-10(11)4-2-8-18-12/h1-8,13,20H,9H2,(H,19,21)/t13-/m0/s1. The molecule has 0 aliphatic rings. The van der Waals surface area contributed by atoms with Crippen molar-refractivity contribution >= 4 is 39.7 Å². The molecule has 3 rings (SSSR count). The fourth-order valence-corrected chi connectivity index (χ4v) is 3.24. The summed E-state index contributed by atoms with van der Waals surface area (Å²) in [6.07, 6.45) is 0.920. The van der Waals surface area contributed by atoms with Gasteiger partial charge in [-0.15, -0.1) is 11.3 Å². The van der Waals surface area contributed by atoms with E-state index in [9.17, 15) is 9.90 Å². The first-order valence-corrected chi connectivity index (χ1v) is 7.90. The molecule has 0 bridgehead atoms. The Labute approximate surface area is 136 Å². The number of nitrogens with one attached hydrogen (secondary N) is 1. The number of carbonyl (C=O) groups is 1. The lowest BCUT2D eigenvalue weighted by molar-refractivity contribution is 0.0919. The second-order valence-electron chi connectivity index (χ2n) is 4.74. The summed E-state index contributed by atoms with van der Waals surface area (Å²) in [7, 11) is 0. The van der Waals surface area contributed by atoms with Gasteiger partial charge in [0.15, 0.2) is 0 Å². The molecule has 0 spiro atoms. The number of thiophene rings is 1. The molecule has 3 aromatic rings. The first-order valence-electron chi connectivity index (χ1n) is 6.70. The molecule has 112 valence electrons. The molecule has 0 unspecified atom stereocenters. The van der Waals surface area contributed by atoms with Crippen molar-refractivity contribution in [1.82, 2.24) is 10.3 Å². The number of benzene rings is 1. The van der Waals surface area contributed by atoms with Gasteiger partial charge in [0.25, 0.3) is 5.91 Å². The van der Waals surface area contributed by atoms with Crippen molar-refractivity contribution in [1.29, 1.82) is 0 Å². The van der Waals surface area contributed by atoms with Crippen LogP contribution in [0.2, 0.25) is 4.34 Å². The number of amides is 1. The van der Waals surface area contributed by atoms with E-state index in [-0.39, 0.29) is 12.5 Å². The summed E-state index contributed by atoms with van der Waals surface area (Å²) in [6.45, 7) is 0.131. The summed E-state index contributed by atoms with van der Waals surface area (Å²) in [6, 6.07) is 12.5. The molecule has 0 aliphatic carbocycles. The Morgan fingerprint density at radius 1 is 1.27 bits per heavy atom. The van der Waals surface area contributed by atoms with Gasteiger partial charge in [-0.05, 0) is 30.3 Å². The summed E-state index contributed by atoms with van der Waals surface area (Å²) in [5.41, 5.74) is 1.31. The lowest BCUT2D eigenvalue weighted by atomic mass is 10.1. The number of hydrogen-bond acceptors (Lipinski definition) is 4. The predicted molar refractivity (Wildman–Crippen MR) is 88.4 cm³/mol. The molecule has 4 nitrogen and oxygen atoms in total. The molecule has 0 fully saturated rings. The monoisotopic (exact) mass is 332 g/mol. The highest BCUT2D eigenvalue weighted by molar-refractivity contribution is 7.16. The minimum Gasteiger partial charge on any atom is -0.386 e. The number of rotatable bonds is 4. The SMILES string of the molecule is O=C(NC[C@H](O)c1ccc(Cl)s1)c1cccc2ncccc12. The van der Waals surface area contributed by atoms with Crippen LogP contribution in [0.15, 0.2) is 48.7 Å². The first kappa shape index (κ1) is 15.0. The zero-order chi connectivity index (χ0) is 15.5. The highest BCUT2D eigenvalue weighted by atomic mass is 35.5. The summed E-state index contributed by atoms with van der Waals surface area (Å²) in [5, 5.41) is 13.6. The molecule has 1 amide bonds. The van der Waals surface area contributed by atoms with Crippen molar-refractivity contribution in [3.05, 3.63) is 63.4 Å². The number of aliphatic hydroxyl groups is 1. The quantitative estimate of drug-likeness (QED) is 0.769. The van der Waals surface area contributed by atoms with Crippen LogP contribution in [0.1, 0.15) is 21.3 Å². The third-order valence-corrected chi connectivity index (χ3v) is 4.60. The van der Waals surface area contributed by atoms with E-state index in [0.717, 1.165) is 15.8 Å². The Morgan fingerprint density at radius 2 is 2.14 bits per heavy atom. The zero-order valence-corrected chi connectivity index (χ0v) is 13.1. The van der Waals surface area contributed by atoms with Gasteiger partial charge in [0.05, 0.1) is 9.85 Å². The van der Waals surface area contributed by atoms with Crippen LogP contribution in [-0.2, 0) is 0 Å². The number of halogens is 1. The van der Waals surface area contributed by atoms with E-state index in [2.05, 4.69) is 10.3 Å². The van der Waals surface area contributed by atoms with Crippen molar-refractivity contribution in [2.45, 2.75) is 6.10 Å². The molecule has 1 aromatic carbocycles. The average molecular weight is 333 g/mol. The largest absolute Gasteiger partial charge is 0.386 e. The minimum atomic E-state index is -0.769. The van der Waals surface area contributed by atoms with Crippen LogP contribution in [-0.4, -0.2) is 22.5 Å². The van der Waals surface area contributed by atoms with E-state index in [4.69, 9.17) is 11.6 Å². The second kappa shape index (κ2) is 6.44. The smallest absolute Gasteiger partial charge is 0.252 e. The maximum absolute atomic E-state index is 12.3. The number of aliphatic hydroxyl groups excluding tert-OH is 1. The van der Waals surface area contributed by atoms with E-state index < -0.39 is 6.10 Å². The normalized spacial score (nSPS) is 12.3. The fourth-order valence-electron chi connectivity index (χ4n) is 2.19. The third-order valence-electron chi connectivity index (χ3n) is 3.27. The van der Waals surface area contributed by atoms with Crippen LogP contribution in [0.4, 0.5) is 0 Å². The predicted octanol–water partition coefficient (Wildman–Crippen LogP) is 3.41. The number of carbonyl (C=O) groups excluding carboxylic acids is 1. The van der Waals surface area contributed by atoms with Crippen LogP contribution in [0.5, 0.6) is 0 Å². The van der Waals surface area contributed by atoms with Gasteiger partial charge in [-0.25, -0.2) is 0 Å². The molecule has 2 aromatic heterocycles. The topological polar surface area (TPSA) is 62.2 Å². The molecule has 2 N–H and O–H groups in total. The molecule has 6 heteroatoms. The maximum Gasteiger partial charge on any atom is 0.252 e. The summed E-state index contributed by atoms with van der Waals surface area (Å²) >= 11 is 7.14. The highest BCUT2D eigenvalue weighted by Gasteiger charge is 2.14. The van der Waals surface area contributed by atoms with Crippen LogP contribution in [0.3, 0.4) is 0 Å². The second-order valence-corrected chi connectivity index (χ2v) is 6.49. The molecule has 1 atom stereocenters. The summed E-state index contributed by atoms with van der Waals surface area (Å²) in [4.78, 5) is 17.3. The Bertz CT molecular complexity index is 813. The average Bonchev–Trinajstić information content (AvgIpc) is 2.98. The molecule has 2 heterocycles. The maximum atomic E-state index is 12.3. The molecule has 0 radical (unpaired) electrons. The van der Waals surface area contributed by atoms with E-state index in [1.54, 1.807) is 36.5 Å². The summed E-state index contributed by atoms with van der Waals surface area (Å²) in [5.74, 6) is -0.236. The number of hydrogen-bond donors (Lipinski definition) is 2. The lowest BCUT2D eigenvalue weighted by Crippen LogP contribution is -2.28. The van der Waals surface area contributed by atoms with Crippen molar-refractivity contribution in [2.75, 3.05) is 6.54 Å². The van der Waals surface area contributed by atoms with Crippen molar-refractivity contribution in [3.63, 3.8) is 0 Å². The van der Waals surface area contributed by atoms with Gasteiger partial charge in [0.2, 0.25) is 0 Å².